The Bertz CT molecular complexity index is 707. The topological polar surface area (TPSA) is 61.6 Å². The predicted molar refractivity (Wildman–Crippen MR) is 79.7 cm³/mol. The van der Waals surface area contributed by atoms with Gasteiger partial charge in [0.1, 0.15) is 18.2 Å². The summed E-state index contributed by atoms with van der Waals surface area (Å²) in [5.41, 5.74) is -0.0842. The molecule has 21 heavy (non-hydrogen) atoms. The molecule has 2 aromatic carbocycles. The maximum atomic E-state index is 11.1. The van der Waals surface area contributed by atoms with E-state index in [-0.39, 0.29) is 10.7 Å². The third kappa shape index (κ3) is 2.91. The Labute approximate surface area is 130 Å². The number of nitro groups is 1. The lowest BCUT2D eigenvalue weighted by Crippen LogP contribution is -2.15. The van der Waals surface area contributed by atoms with Crippen LogP contribution in [0.2, 0.25) is 5.02 Å². The van der Waals surface area contributed by atoms with Crippen molar-refractivity contribution < 1.29 is 14.4 Å². The molecule has 0 amide bonds. The monoisotopic (exact) mass is 323 g/mol. The molecule has 1 aliphatic rings. The number of nitrogens with zero attached hydrogens (tertiary/aromatic N) is 1. The number of rotatable bonds is 3. The molecule has 0 atom stereocenters. The fourth-order valence-electron chi connectivity index (χ4n) is 1.97. The second kappa shape index (κ2) is 5.83. The number of fused-ring (bicyclic) bond motifs is 1. The first-order valence-corrected chi connectivity index (χ1v) is 7.35. The Hall–Kier alpha value is -1.92. The number of halogens is 1. The van der Waals surface area contributed by atoms with Gasteiger partial charge in [-0.05, 0) is 30.3 Å². The molecular formula is C14H10ClNO4S. The molecule has 3 rings (SSSR count). The van der Waals surface area contributed by atoms with Gasteiger partial charge in [0.15, 0.2) is 11.5 Å². The van der Waals surface area contributed by atoms with Crippen molar-refractivity contribution in [3.63, 3.8) is 0 Å². The van der Waals surface area contributed by atoms with Crippen LogP contribution in [0.15, 0.2) is 46.2 Å². The first-order chi connectivity index (χ1) is 10.1. The van der Waals surface area contributed by atoms with Crippen LogP contribution in [-0.2, 0) is 0 Å². The van der Waals surface area contributed by atoms with Gasteiger partial charge in [-0.1, -0.05) is 29.4 Å². The van der Waals surface area contributed by atoms with Gasteiger partial charge in [0, 0.05) is 4.90 Å². The van der Waals surface area contributed by atoms with Gasteiger partial charge >= 0.3 is 5.69 Å². The molecule has 1 heterocycles. The molecule has 0 unspecified atom stereocenters. The van der Waals surface area contributed by atoms with E-state index in [0.717, 1.165) is 4.90 Å². The van der Waals surface area contributed by atoms with Crippen LogP contribution in [-0.4, -0.2) is 18.1 Å². The minimum atomic E-state index is -0.470. The lowest BCUT2D eigenvalue weighted by Gasteiger charge is -2.18. The summed E-state index contributed by atoms with van der Waals surface area (Å²) in [5, 5.41) is 11.3. The SMILES string of the molecule is O=[N+]([O-])c1c(Cl)cccc1Sc1ccc2c(c1)OCCO2. The quantitative estimate of drug-likeness (QED) is 0.626. The van der Waals surface area contributed by atoms with Gasteiger partial charge in [-0.3, -0.25) is 10.1 Å². The molecule has 0 N–H and O–H groups in total. The predicted octanol–water partition coefficient (Wildman–Crippen LogP) is 4.17. The van der Waals surface area contributed by atoms with E-state index in [1.807, 2.05) is 12.1 Å². The van der Waals surface area contributed by atoms with E-state index in [4.69, 9.17) is 21.1 Å². The van der Waals surface area contributed by atoms with E-state index < -0.39 is 4.92 Å². The van der Waals surface area contributed by atoms with Gasteiger partial charge in [0.05, 0.1) is 9.82 Å². The average Bonchev–Trinajstić information content (AvgIpc) is 2.47. The Morgan fingerprint density at radius 3 is 2.67 bits per heavy atom. The number of hydrogen-bond donors (Lipinski definition) is 0. The van der Waals surface area contributed by atoms with Gasteiger partial charge in [0.25, 0.3) is 0 Å². The maximum Gasteiger partial charge on any atom is 0.301 e. The molecule has 5 nitrogen and oxygen atoms in total. The van der Waals surface area contributed by atoms with E-state index in [9.17, 15) is 10.1 Å². The van der Waals surface area contributed by atoms with Gasteiger partial charge in [-0.15, -0.1) is 0 Å². The number of benzene rings is 2. The fourth-order valence-corrected chi connectivity index (χ4v) is 3.25. The summed E-state index contributed by atoms with van der Waals surface area (Å²) in [5.74, 6) is 1.34. The smallest absolute Gasteiger partial charge is 0.301 e. The van der Waals surface area contributed by atoms with Crippen molar-refractivity contribution in [3.05, 3.63) is 51.5 Å². The van der Waals surface area contributed by atoms with Crippen molar-refractivity contribution in [3.8, 4) is 11.5 Å². The molecule has 0 bridgehead atoms. The van der Waals surface area contributed by atoms with Crippen molar-refractivity contribution >= 4 is 29.1 Å². The van der Waals surface area contributed by atoms with Gasteiger partial charge < -0.3 is 9.47 Å². The first kappa shape index (κ1) is 14.0. The molecule has 1 aliphatic heterocycles. The summed E-state index contributed by atoms with van der Waals surface area (Å²) < 4.78 is 11.0. The van der Waals surface area contributed by atoms with Gasteiger partial charge in [-0.2, -0.15) is 0 Å². The zero-order valence-corrected chi connectivity index (χ0v) is 12.3. The highest BCUT2D eigenvalue weighted by Crippen LogP contribution is 2.41. The summed E-state index contributed by atoms with van der Waals surface area (Å²) in [6, 6.07) is 10.3. The Kier molecular flexibility index (Phi) is 3.90. The minimum Gasteiger partial charge on any atom is -0.486 e. The van der Waals surface area contributed by atoms with Crippen LogP contribution in [0.4, 0.5) is 5.69 Å². The second-order valence-corrected chi connectivity index (χ2v) is 5.77. The molecule has 0 aliphatic carbocycles. The van der Waals surface area contributed by atoms with E-state index in [0.29, 0.717) is 29.6 Å². The lowest BCUT2D eigenvalue weighted by molar-refractivity contribution is -0.387. The highest BCUT2D eigenvalue weighted by atomic mass is 35.5. The van der Waals surface area contributed by atoms with Crippen molar-refractivity contribution in [2.24, 2.45) is 0 Å². The number of hydrogen-bond acceptors (Lipinski definition) is 5. The third-order valence-electron chi connectivity index (χ3n) is 2.87. The van der Waals surface area contributed by atoms with Gasteiger partial charge in [0.2, 0.25) is 0 Å². The molecular weight excluding hydrogens is 314 g/mol. The summed E-state index contributed by atoms with van der Waals surface area (Å²) in [4.78, 5) is 12.0. The van der Waals surface area contributed by atoms with Crippen molar-refractivity contribution in [1.29, 1.82) is 0 Å². The number of nitro benzene ring substituents is 1. The zero-order chi connectivity index (χ0) is 14.8. The molecule has 0 saturated heterocycles. The second-order valence-electron chi connectivity index (χ2n) is 4.25. The molecule has 0 aromatic heterocycles. The van der Waals surface area contributed by atoms with Gasteiger partial charge in [-0.25, -0.2) is 0 Å². The molecule has 7 heteroatoms. The zero-order valence-electron chi connectivity index (χ0n) is 10.7. The van der Waals surface area contributed by atoms with Crippen LogP contribution in [0, 0.1) is 10.1 Å². The molecule has 0 saturated carbocycles. The van der Waals surface area contributed by atoms with Crippen LogP contribution < -0.4 is 9.47 Å². The normalized spacial score (nSPS) is 13.0. The van der Waals surface area contributed by atoms with Crippen molar-refractivity contribution in [1.82, 2.24) is 0 Å². The molecule has 0 fully saturated rings. The van der Waals surface area contributed by atoms with Crippen LogP contribution in [0.3, 0.4) is 0 Å². The van der Waals surface area contributed by atoms with Crippen molar-refractivity contribution in [2.75, 3.05) is 13.2 Å². The molecule has 2 aromatic rings. The van der Waals surface area contributed by atoms with Crippen LogP contribution in [0.5, 0.6) is 11.5 Å². The highest BCUT2D eigenvalue weighted by Gasteiger charge is 2.20. The van der Waals surface area contributed by atoms with Crippen molar-refractivity contribution in [2.45, 2.75) is 9.79 Å². The highest BCUT2D eigenvalue weighted by molar-refractivity contribution is 7.99. The Balaban J connectivity index is 1.94. The maximum absolute atomic E-state index is 11.1. The summed E-state index contributed by atoms with van der Waals surface area (Å²) in [6.45, 7) is 1.03. The Morgan fingerprint density at radius 1 is 1.14 bits per heavy atom. The lowest BCUT2D eigenvalue weighted by atomic mass is 10.3. The van der Waals surface area contributed by atoms with E-state index >= 15 is 0 Å². The van der Waals surface area contributed by atoms with E-state index in [1.165, 1.54) is 17.8 Å². The molecule has 0 spiro atoms. The van der Waals surface area contributed by atoms with E-state index in [2.05, 4.69) is 0 Å². The third-order valence-corrected chi connectivity index (χ3v) is 4.22. The minimum absolute atomic E-state index is 0.0842. The van der Waals surface area contributed by atoms with E-state index in [1.54, 1.807) is 18.2 Å². The molecule has 0 radical (unpaired) electrons. The number of para-hydroxylation sites is 1. The average molecular weight is 324 g/mol. The summed E-state index contributed by atoms with van der Waals surface area (Å²) in [6.07, 6.45) is 0. The Morgan fingerprint density at radius 2 is 1.90 bits per heavy atom. The number of ether oxygens (including phenoxy) is 2. The first-order valence-electron chi connectivity index (χ1n) is 6.15. The van der Waals surface area contributed by atoms with Crippen LogP contribution >= 0.6 is 23.4 Å². The summed E-state index contributed by atoms with van der Waals surface area (Å²) >= 11 is 7.17. The summed E-state index contributed by atoms with van der Waals surface area (Å²) in [7, 11) is 0. The fraction of sp³-hybridized carbons (Fsp3) is 0.143. The largest absolute Gasteiger partial charge is 0.486 e. The van der Waals surface area contributed by atoms with Crippen LogP contribution in [0.1, 0.15) is 0 Å². The molecule has 108 valence electrons. The van der Waals surface area contributed by atoms with Crippen LogP contribution in [0.25, 0.3) is 0 Å². The standard InChI is InChI=1S/C14H10ClNO4S/c15-10-2-1-3-13(14(10)16(17)18)21-9-4-5-11-12(8-9)20-7-6-19-11/h1-5,8H,6-7H2.